The van der Waals surface area contributed by atoms with Crippen molar-refractivity contribution in [3.8, 4) is 0 Å². The number of Topliss-reactive ketones (excluding diaryl/α,β-unsaturated/α-hetero) is 1. The van der Waals surface area contributed by atoms with E-state index in [1.54, 1.807) is 0 Å². The molecule has 0 aliphatic carbocycles. The first-order valence-corrected chi connectivity index (χ1v) is 6.27. The summed E-state index contributed by atoms with van der Waals surface area (Å²) in [6, 6.07) is 0. The Bertz CT molecular complexity index is 211. The number of hydrogen-bond donors (Lipinski definition) is 0. The zero-order valence-electron chi connectivity index (χ0n) is 10.5. The largest absolute Gasteiger partial charge is 0.298 e. The Morgan fingerprint density at radius 3 is 2.67 bits per heavy atom. The van der Waals surface area contributed by atoms with Crippen LogP contribution in [0.3, 0.4) is 0 Å². The highest BCUT2D eigenvalue weighted by atomic mass is 16.1. The Morgan fingerprint density at radius 2 is 2.00 bits per heavy atom. The highest BCUT2D eigenvalue weighted by Crippen LogP contribution is 2.29. The van der Waals surface area contributed by atoms with Gasteiger partial charge in [-0.1, -0.05) is 20.8 Å². The van der Waals surface area contributed by atoms with E-state index < -0.39 is 0 Å². The smallest absolute Gasteiger partial charge is 0.146 e. The van der Waals surface area contributed by atoms with Crippen molar-refractivity contribution in [2.45, 2.75) is 52.9 Å². The van der Waals surface area contributed by atoms with Crippen molar-refractivity contribution < 1.29 is 4.79 Å². The number of carbonyl (C=O) groups is 1. The second kappa shape index (κ2) is 5.64. The number of carbonyl (C=O) groups excluding carboxylic acids is 1. The van der Waals surface area contributed by atoms with Crippen molar-refractivity contribution in [3.63, 3.8) is 0 Å². The van der Waals surface area contributed by atoms with Crippen molar-refractivity contribution in [2.75, 3.05) is 19.6 Å². The molecule has 2 nitrogen and oxygen atoms in total. The average Bonchev–Trinajstić information content (AvgIpc) is 2.28. The maximum atomic E-state index is 11.5. The third-order valence-electron chi connectivity index (χ3n) is 3.36. The van der Waals surface area contributed by atoms with E-state index in [0.29, 0.717) is 17.7 Å². The summed E-state index contributed by atoms with van der Waals surface area (Å²) >= 11 is 0. The van der Waals surface area contributed by atoms with E-state index in [9.17, 15) is 4.79 Å². The minimum atomic E-state index is 0.414. The number of nitrogens with zero attached hydrogens (tertiary/aromatic N) is 1. The zero-order chi connectivity index (χ0) is 11.3. The second-order valence-electron chi connectivity index (χ2n) is 5.58. The summed E-state index contributed by atoms with van der Waals surface area (Å²) in [7, 11) is 0. The average molecular weight is 211 g/mol. The lowest BCUT2D eigenvalue weighted by atomic mass is 9.85. The fourth-order valence-electron chi connectivity index (χ4n) is 2.24. The Labute approximate surface area is 94.0 Å². The summed E-state index contributed by atoms with van der Waals surface area (Å²) in [5.74, 6) is 0.414. The van der Waals surface area contributed by atoms with Crippen molar-refractivity contribution >= 4 is 5.78 Å². The summed E-state index contributed by atoms with van der Waals surface area (Å²) in [6.45, 7) is 9.64. The molecule has 0 atom stereocenters. The molecule has 2 heteroatoms. The third kappa shape index (κ3) is 4.78. The SMILES string of the molecule is CCCC(=O)CN1CCCC(C)(C)CC1. The fourth-order valence-corrected chi connectivity index (χ4v) is 2.24. The van der Waals surface area contributed by atoms with Crippen LogP contribution >= 0.6 is 0 Å². The van der Waals surface area contributed by atoms with Gasteiger partial charge in [-0.2, -0.15) is 0 Å². The molecule has 0 bridgehead atoms. The van der Waals surface area contributed by atoms with Gasteiger partial charge < -0.3 is 0 Å². The van der Waals surface area contributed by atoms with Crippen LogP contribution in [0.5, 0.6) is 0 Å². The van der Waals surface area contributed by atoms with Gasteiger partial charge in [-0.05, 0) is 44.2 Å². The third-order valence-corrected chi connectivity index (χ3v) is 3.36. The summed E-state index contributed by atoms with van der Waals surface area (Å²) < 4.78 is 0. The molecule has 1 aliphatic heterocycles. The number of likely N-dealkylation sites (tertiary alicyclic amines) is 1. The minimum absolute atomic E-state index is 0.414. The Hall–Kier alpha value is -0.370. The molecule has 0 amide bonds. The lowest BCUT2D eigenvalue weighted by Gasteiger charge is -2.22. The lowest BCUT2D eigenvalue weighted by molar-refractivity contribution is -0.120. The van der Waals surface area contributed by atoms with Crippen LogP contribution in [0, 0.1) is 5.41 Å². The van der Waals surface area contributed by atoms with Gasteiger partial charge in [0.25, 0.3) is 0 Å². The predicted octanol–water partition coefficient (Wildman–Crippen LogP) is 2.87. The van der Waals surface area contributed by atoms with Gasteiger partial charge in [0.05, 0.1) is 6.54 Å². The van der Waals surface area contributed by atoms with Gasteiger partial charge in [-0.25, -0.2) is 0 Å². The first-order chi connectivity index (χ1) is 7.03. The van der Waals surface area contributed by atoms with Crippen LogP contribution in [-0.4, -0.2) is 30.3 Å². The predicted molar refractivity (Wildman–Crippen MR) is 64.0 cm³/mol. The van der Waals surface area contributed by atoms with Crippen molar-refractivity contribution in [3.05, 3.63) is 0 Å². The van der Waals surface area contributed by atoms with Crippen LogP contribution in [0.2, 0.25) is 0 Å². The molecule has 0 N–H and O–H groups in total. The van der Waals surface area contributed by atoms with Gasteiger partial charge in [-0.3, -0.25) is 9.69 Å². The lowest BCUT2D eigenvalue weighted by Crippen LogP contribution is -2.31. The van der Waals surface area contributed by atoms with Crippen molar-refractivity contribution in [1.82, 2.24) is 4.90 Å². The molecule has 0 aromatic heterocycles. The monoisotopic (exact) mass is 211 g/mol. The first-order valence-electron chi connectivity index (χ1n) is 6.27. The van der Waals surface area contributed by atoms with Crippen LogP contribution in [0.25, 0.3) is 0 Å². The van der Waals surface area contributed by atoms with Gasteiger partial charge in [0.1, 0.15) is 5.78 Å². The van der Waals surface area contributed by atoms with Crippen molar-refractivity contribution in [2.24, 2.45) is 5.41 Å². The molecule has 15 heavy (non-hydrogen) atoms. The Morgan fingerprint density at radius 1 is 1.27 bits per heavy atom. The molecule has 1 saturated heterocycles. The summed E-state index contributed by atoms with van der Waals surface area (Å²) in [5, 5.41) is 0. The van der Waals surface area contributed by atoms with E-state index in [2.05, 4.69) is 25.7 Å². The van der Waals surface area contributed by atoms with E-state index in [0.717, 1.165) is 25.9 Å². The molecule has 0 spiro atoms. The Balaban J connectivity index is 2.34. The molecule has 1 fully saturated rings. The maximum Gasteiger partial charge on any atom is 0.146 e. The molecule has 0 saturated carbocycles. The van der Waals surface area contributed by atoms with Crippen molar-refractivity contribution in [1.29, 1.82) is 0 Å². The van der Waals surface area contributed by atoms with E-state index in [-0.39, 0.29) is 0 Å². The summed E-state index contributed by atoms with van der Waals surface area (Å²) in [4.78, 5) is 13.9. The number of rotatable bonds is 4. The quantitative estimate of drug-likeness (QED) is 0.712. The van der Waals surface area contributed by atoms with Gasteiger partial charge in [0.2, 0.25) is 0 Å². The number of ketones is 1. The van der Waals surface area contributed by atoms with Gasteiger partial charge in [-0.15, -0.1) is 0 Å². The maximum absolute atomic E-state index is 11.5. The topological polar surface area (TPSA) is 20.3 Å². The Kier molecular flexibility index (Phi) is 4.78. The standard InChI is InChI=1S/C13H25NO/c1-4-6-12(15)11-14-9-5-7-13(2,3)8-10-14/h4-11H2,1-3H3. The molecule has 0 radical (unpaired) electrons. The zero-order valence-corrected chi connectivity index (χ0v) is 10.5. The number of hydrogen-bond acceptors (Lipinski definition) is 2. The van der Waals surface area contributed by atoms with E-state index in [4.69, 9.17) is 0 Å². The molecular weight excluding hydrogens is 186 g/mol. The van der Waals surface area contributed by atoms with Gasteiger partial charge in [0.15, 0.2) is 0 Å². The molecule has 0 aromatic carbocycles. The molecule has 0 unspecified atom stereocenters. The normalized spacial score (nSPS) is 22.3. The molecule has 0 aromatic rings. The fraction of sp³-hybridized carbons (Fsp3) is 0.923. The molecular formula is C13H25NO. The second-order valence-corrected chi connectivity index (χ2v) is 5.58. The van der Waals surface area contributed by atoms with E-state index in [1.807, 2.05) is 0 Å². The van der Waals surface area contributed by atoms with E-state index in [1.165, 1.54) is 19.3 Å². The van der Waals surface area contributed by atoms with Crippen LogP contribution in [-0.2, 0) is 4.79 Å². The van der Waals surface area contributed by atoms with Crippen LogP contribution in [0.1, 0.15) is 52.9 Å². The summed E-state index contributed by atoms with van der Waals surface area (Å²) in [5.41, 5.74) is 0.475. The van der Waals surface area contributed by atoms with Gasteiger partial charge in [0, 0.05) is 6.42 Å². The van der Waals surface area contributed by atoms with Gasteiger partial charge >= 0.3 is 0 Å². The van der Waals surface area contributed by atoms with Crippen LogP contribution in [0.15, 0.2) is 0 Å². The molecule has 1 heterocycles. The highest BCUT2D eigenvalue weighted by molar-refractivity contribution is 5.80. The molecule has 88 valence electrons. The molecule has 1 rings (SSSR count). The van der Waals surface area contributed by atoms with Crippen LogP contribution in [0.4, 0.5) is 0 Å². The summed E-state index contributed by atoms with van der Waals surface area (Å²) in [6.07, 6.45) is 5.50. The first kappa shape index (κ1) is 12.7. The molecule has 1 aliphatic rings. The van der Waals surface area contributed by atoms with E-state index >= 15 is 0 Å². The minimum Gasteiger partial charge on any atom is -0.298 e. The highest BCUT2D eigenvalue weighted by Gasteiger charge is 2.23. The van der Waals surface area contributed by atoms with Crippen LogP contribution < -0.4 is 0 Å².